The van der Waals surface area contributed by atoms with E-state index in [2.05, 4.69) is 0 Å². The summed E-state index contributed by atoms with van der Waals surface area (Å²) in [6.07, 6.45) is -5.49. The van der Waals surface area contributed by atoms with Gasteiger partial charge in [0.25, 0.3) is 0 Å². The minimum Gasteiger partial charge on any atom is -0.394 e. The summed E-state index contributed by atoms with van der Waals surface area (Å²) in [5, 5.41) is 39.2. The van der Waals surface area contributed by atoms with E-state index in [1.165, 1.54) is 6.07 Å². The van der Waals surface area contributed by atoms with Crippen molar-refractivity contribution in [1.82, 2.24) is 4.72 Å². The van der Waals surface area contributed by atoms with Crippen LogP contribution in [0.1, 0.15) is 0 Å². The highest BCUT2D eigenvalue weighted by molar-refractivity contribution is 7.89. The van der Waals surface area contributed by atoms with Gasteiger partial charge in [-0.1, -0.05) is 24.3 Å². The molecule has 0 saturated heterocycles. The van der Waals surface area contributed by atoms with Crippen LogP contribution in [-0.2, 0) is 14.8 Å². The molecule has 154 valence electrons. The maximum Gasteiger partial charge on any atom is 0.241 e. The largest absolute Gasteiger partial charge is 0.394 e. The Morgan fingerprint density at radius 2 is 1.64 bits per heavy atom. The lowest BCUT2D eigenvalue weighted by molar-refractivity contribution is -0.119. The van der Waals surface area contributed by atoms with Crippen LogP contribution in [0.3, 0.4) is 0 Å². The highest BCUT2D eigenvalue weighted by Gasteiger charge is 2.34. The van der Waals surface area contributed by atoms with E-state index in [0.29, 0.717) is 10.8 Å². The molecule has 5 N–H and O–H groups in total. The van der Waals surface area contributed by atoms with E-state index >= 15 is 0 Å². The van der Waals surface area contributed by atoms with Crippen LogP contribution in [0.2, 0.25) is 0 Å². The van der Waals surface area contributed by atoms with Gasteiger partial charge in [-0.3, -0.25) is 0 Å². The summed E-state index contributed by atoms with van der Waals surface area (Å²) >= 11 is 0. The average molecular weight is 412 g/mol. The van der Waals surface area contributed by atoms with Crippen molar-refractivity contribution < 1.29 is 33.6 Å². The molecule has 0 heterocycles. The molecule has 2 aromatic rings. The van der Waals surface area contributed by atoms with Crippen LogP contribution in [0.15, 0.2) is 41.3 Å². The normalized spacial score (nSPS) is 16.4. The molecule has 0 saturated carbocycles. The number of carbonyl (C=O) groups is 1. The molecule has 0 aliphatic heterocycles. The predicted molar refractivity (Wildman–Crippen MR) is 104 cm³/mol. The number of nitrogens with zero attached hydrogens (tertiary/aromatic N) is 1. The van der Waals surface area contributed by atoms with Gasteiger partial charge in [0, 0.05) is 30.6 Å². The first kappa shape index (κ1) is 22.2. The number of benzene rings is 2. The zero-order valence-corrected chi connectivity index (χ0v) is 16.2. The third kappa shape index (κ3) is 4.49. The van der Waals surface area contributed by atoms with Gasteiger partial charge in [-0.25, -0.2) is 8.42 Å². The molecule has 2 aromatic carbocycles. The molecule has 4 unspecified atom stereocenters. The molecular weight excluding hydrogens is 388 g/mol. The van der Waals surface area contributed by atoms with Crippen LogP contribution in [0.5, 0.6) is 0 Å². The van der Waals surface area contributed by atoms with Crippen molar-refractivity contribution in [1.29, 1.82) is 0 Å². The zero-order chi connectivity index (χ0) is 21.1. The molecule has 0 aliphatic carbocycles. The van der Waals surface area contributed by atoms with E-state index in [1.54, 1.807) is 24.3 Å². The van der Waals surface area contributed by atoms with Crippen molar-refractivity contribution in [2.24, 2.45) is 0 Å². The van der Waals surface area contributed by atoms with Gasteiger partial charge < -0.3 is 30.1 Å². The zero-order valence-electron chi connectivity index (χ0n) is 15.4. The Bertz CT molecular complexity index is 933. The number of aliphatic hydroxyl groups is 4. The van der Waals surface area contributed by atoms with Crippen LogP contribution < -0.4 is 9.62 Å². The Balaban J connectivity index is 2.44. The van der Waals surface area contributed by atoms with Gasteiger partial charge in [-0.15, -0.1) is 0 Å². The molecule has 0 radical (unpaired) electrons. The number of rotatable bonds is 9. The molecule has 0 bridgehead atoms. The second-order valence-electron chi connectivity index (χ2n) is 6.54. The standard InChI is InChI=1S/C18H24N2O7S/c1-20(2)14-7-3-6-12-11(14)5-4-8-16(12)28(26,27)19-13(9-21)17(24)18(25)15(23)10-22/h3-9,13,15,17-19,22-25H,10H2,1-2H3. The van der Waals surface area contributed by atoms with E-state index < -0.39 is 41.0 Å². The Kier molecular flexibility index (Phi) is 7.10. The number of fused-ring (bicyclic) bond motifs is 1. The second kappa shape index (κ2) is 8.95. The van der Waals surface area contributed by atoms with E-state index in [1.807, 2.05) is 29.8 Å². The van der Waals surface area contributed by atoms with Crippen LogP contribution in [0.25, 0.3) is 10.8 Å². The molecule has 10 heteroatoms. The number of nitrogens with one attached hydrogen (secondary N) is 1. The first-order chi connectivity index (χ1) is 13.1. The molecule has 9 nitrogen and oxygen atoms in total. The fourth-order valence-electron chi connectivity index (χ4n) is 2.86. The fraction of sp³-hybridized carbons (Fsp3) is 0.389. The lowest BCUT2D eigenvalue weighted by Gasteiger charge is -2.26. The number of sulfonamides is 1. The van der Waals surface area contributed by atoms with E-state index in [0.717, 1.165) is 5.69 Å². The summed E-state index contributed by atoms with van der Waals surface area (Å²) in [6.45, 7) is -0.868. The fourth-order valence-corrected chi connectivity index (χ4v) is 4.26. The topological polar surface area (TPSA) is 147 Å². The van der Waals surface area contributed by atoms with Crippen molar-refractivity contribution in [3.63, 3.8) is 0 Å². The molecule has 2 rings (SSSR count). The second-order valence-corrected chi connectivity index (χ2v) is 8.22. The summed E-state index contributed by atoms with van der Waals surface area (Å²) in [5.74, 6) is 0. The summed E-state index contributed by atoms with van der Waals surface area (Å²) in [6, 6.07) is 8.09. The van der Waals surface area contributed by atoms with Crippen molar-refractivity contribution in [2.75, 3.05) is 25.6 Å². The lowest BCUT2D eigenvalue weighted by atomic mass is 10.0. The van der Waals surface area contributed by atoms with Crippen LogP contribution in [-0.4, -0.2) is 80.2 Å². The minimum atomic E-state index is -4.27. The van der Waals surface area contributed by atoms with E-state index in [-0.39, 0.29) is 11.2 Å². The lowest BCUT2D eigenvalue weighted by Crippen LogP contribution is -2.53. The van der Waals surface area contributed by atoms with Gasteiger partial charge in [0.05, 0.1) is 11.5 Å². The highest BCUT2D eigenvalue weighted by atomic mass is 32.2. The molecule has 28 heavy (non-hydrogen) atoms. The molecular formula is C18H24N2O7S. The quantitative estimate of drug-likeness (QED) is 0.324. The average Bonchev–Trinajstić information content (AvgIpc) is 2.69. The van der Waals surface area contributed by atoms with Gasteiger partial charge in [-0.05, 0) is 12.1 Å². The molecule has 4 atom stereocenters. The van der Waals surface area contributed by atoms with Gasteiger partial charge >= 0.3 is 0 Å². The first-order valence-electron chi connectivity index (χ1n) is 8.45. The number of hydrogen-bond acceptors (Lipinski definition) is 8. The SMILES string of the molecule is CN(C)c1cccc2c(S(=O)(=O)NC(C=O)C(O)C(O)C(O)CO)cccc12. The minimum absolute atomic E-state index is 0.107. The molecule has 0 fully saturated rings. The third-order valence-corrected chi connectivity index (χ3v) is 5.88. The highest BCUT2D eigenvalue weighted by Crippen LogP contribution is 2.30. The van der Waals surface area contributed by atoms with Crippen molar-refractivity contribution in [3.8, 4) is 0 Å². The van der Waals surface area contributed by atoms with Crippen LogP contribution >= 0.6 is 0 Å². The van der Waals surface area contributed by atoms with Crippen LogP contribution in [0.4, 0.5) is 5.69 Å². The predicted octanol–water partition coefficient (Wildman–Crippen LogP) is -1.17. The number of hydrogen-bond donors (Lipinski definition) is 5. The van der Waals surface area contributed by atoms with Gasteiger partial charge in [0.1, 0.15) is 30.6 Å². The van der Waals surface area contributed by atoms with Crippen LogP contribution in [0, 0.1) is 0 Å². The van der Waals surface area contributed by atoms with Gasteiger partial charge in [-0.2, -0.15) is 4.72 Å². The summed E-state index contributed by atoms with van der Waals surface area (Å²) in [4.78, 5) is 13.1. The Morgan fingerprint density at radius 1 is 1.04 bits per heavy atom. The Labute approximate surface area is 162 Å². The molecule has 0 spiro atoms. The molecule has 0 aromatic heterocycles. The number of anilines is 1. The Hall–Kier alpha value is -2.08. The monoisotopic (exact) mass is 412 g/mol. The smallest absolute Gasteiger partial charge is 0.241 e. The number of carbonyl (C=O) groups excluding carboxylic acids is 1. The summed E-state index contributed by atoms with van der Waals surface area (Å²) in [5.41, 5.74) is 0.794. The maximum absolute atomic E-state index is 12.9. The summed E-state index contributed by atoms with van der Waals surface area (Å²) < 4.78 is 27.8. The number of aldehydes is 1. The van der Waals surface area contributed by atoms with Crippen molar-refractivity contribution in [2.45, 2.75) is 29.2 Å². The summed E-state index contributed by atoms with van der Waals surface area (Å²) in [7, 11) is -0.626. The third-order valence-electron chi connectivity index (χ3n) is 4.37. The molecule has 0 amide bonds. The van der Waals surface area contributed by atoms with E-state index in [4.69, 9.17) is 5.11 Å². The van der Waals surface area contributed by atoms with Crippen molar-refractivity contribution in [3.05, 3.63) is 36.4 Å². The van der Waals surface area contributed by atoms with Gasteiger partial charge in [0.15, 0.2) is 0 Å². The maximum atomic E-state index is 12.9. The van der Waals surface area contributed by atoms with Gasteiger partial charge in [0.2, 0.25) is 10.0 Å². The Morgan fingerprint density at radius 3 is 2.21 bits per heavy atom. The molecule has 0 aliphatic rings. The van der Waals surface area contributed by atoms with Crippen molar-refractivity contribution >= 4 is 32.8 Å². The number of aliphatic hydroxyl groups excluding tert-OH is 4. The van der Waals surface area contributed by atoms with E-state index in [9.17, 15) is 28.5 Å². The first-order valence-corrected chi connectivity index (χ1v) is 9.94.